The van der Waals surface area contributed by atoms with Crippen LogP contribution in [0.15, 0.2) is 24.3 Å². The molecule has 0 aliphatic heterocycles. The second-order valence-electron chi connectivity index (χ2n) is 6.55. The fourth-order valence-electron chi connectivity index (χ4n) is 3.09. The van der Waals surface area contributed by atoms with Crippen LogP contribution in [0.3, 0.4) is 0 Å². The fourth-order valence-corrected chi connectivity index (χ4v) is 3.09. The van der Waals surface area contributed by atoms with Crippen LogP contribution in [0.2, 0.25) is 0 Å². The largest absolute Gasteiger partial charge is 0.325 e. The van der Waals surface area contributed by atoms with E-state index in [2.05, 4.69) is 10.6 Å². The Bertz CT molecular complexity index is 517. The first-order chi connectivity index (χ1) is 11.1. The SMILES string of the molecule is CC(=O)c1ccc(NC(=O)[C@@H](C)NC2CCCCCCC2)cc1. The Morgan fingerprint density at radius 3 is 2.13 bits per heavy atom. The van der Waals surface area contributed by atoms with E-state index in [1.807, 2.05) is 6.92 Å². The molecule has 1 aliphatic rings. The van der Waals surface area contributed by atoms with Crippen molar-refractivity contribution >= 4 is 17.4 Å². The lowest BCUT2D eigenvalue weighted by Crippen LogP contribution is -2.44. The van der Waals surface area contributed by atoms with E-state index in [0.717, 1.165) is 18.5 Å². The van der Waals surface area contributed by atoms with Gasteiger partial charge >= 0.3 is 0 Å². The Hall–Kier alpha value is -1.68. The number of amides is 1. The van der Waals surface area contributed by atoms with E-state index in [0.29, 0.717) is 11.6 Å². The van der Waals surface area contributed by atoms with E-state index < -0.39 is 0 Å². The van der Waals surface area contributed by atoms with Gasteiger partial charge in [0.25, 0.3) is 0 Å². The smallest absolute Gasteiger partial charge is 0.241 e. The maximum absolute atomic E-state index is 12.3. The molecular weight excluding hydrogens is 288 g/mol. The van der Waals surface area contributed by atoms with Crippen LogP contribution < -0.4 is 10.6 Å². The number of ketones is 1. The molecule has 126 valence electrons. The number of anilines is 1. The second kappa shape index (κ2) is 8.82. The number of carbonyl (C=O) groups is 2. The number of carbonyl (C=O) groups excluding carboxylic acids is 2. The van der Waals surface area contributed by atoms with Gasteiger partial charge in [0.05, 0.1) is 6.04 Å². The molecule has 23 heavy (non-hydrogen) atoms. The average Bonchev–Trinajstić information content (AvgIpc) is 2.50. The molecule has 1 aromatic carbocycles. The minimum atomic E-state index is -0.216. The Morgan fingerprint density at radius 1 is 1.00 bits per heavy atom. The van der Waals surface area contributed by atoms with Crippen LogP contribution in [0, 0.1) is 0 Å². The van der Waals surface area contributed by atoms with E-state index in [4.69, 9.17) is 0 Å². The summed E-state index contributed by atoms with van der Waals surface area (Å²) in [4.78, 5) is 23.6. The second-order valence-corrected chi connectivity index (χ2v) is 6.55. The summed E-state index contributed by atoms with van der Waals surface area (Å²) in [5.41, 5.74) is 1.38. The zero-order valence-corrected chi connectivity index (χ0v) is 14.2. The molecule has 4 heteroatoms. The molecule has 1 atom stereocenters. The summed E-state index contributed by atoms with van der Waals surface area (Å²) < 4.78 is 0. The Kier molecular flexibility index (Phi) is 6.78. The molecule has 0 spiro atoms. The van der Waals surface area contributed by atoms with Gasteiger partial charge in [-0.1, -0.05) is 32.1 Å². The summed E-state index contributed by atoms with van der Waals surface area (Å²) in [7, 11) is 0. The van der Waals surface area contributed by atoms with Crippen molar-refractivity contribution in [1.29, 1.82) is 0 Å². The molecule has 0 saturated heterocycles. The van der Waals surface area contributed by atoms with E-state index in [1.165, 1.54) is 39.0 Å². The van der Waals surface area contributed by atoms with Gasteiger partial charge < -0.3 is 10.6 Å². The van der Waals surface area contributed by atoms with Crippen LogP contribution in [0.25, 0.3) is 0 Å². The lowest BCUT2D eigenvalue weighted by atomic mass is 9.96. The number of nitrogens with one attached hydrogen (secondary N) is 2. The van der Waals surface area contributed by atoms with Gasteiger partial charge in [0.2, 0.25) is 5.91 Å². The molecule has 2 N–H and O–H groups in total. The molecule has 0 unspecified atom stereocenters. The van der Waals surface area contributed by atoms with Crippen molar-refractivity contribution in [3.05, 3.63) is 29.8 Å². The molecule has 0 radical (unpaired) electrons. The number of benzene rings is 1. The first-order valence-electron chi connectivity index (χ1n) is 8.74. The van der Waals surface area contributed by atoms with Gasteiger partial charge in [0.1, 0.15) is 0 Å². The normalized spacial score (nSPS) is 17.8. The van der Waals surface area contributed by atoms with Gasteiger partial charge in [0.15, 0.2) is 5.78 Å². The molecule has 4 nitrogen and oxygen atoms in total. The third-order valence-electron chi connectivity index (χ3n) is 4.54. The number of hydrogen-bond acceptors (Lipinski definition) is 3. The van der Waals surface area contributed by atoms with Crippen LogP contribution in [0.5, 0.6) is 0 Å². The van der Waals surface area contributed by atoms with Crippen LogP contribution in [-0.2, 0) is 4.79 Å². The van der Waals surface area contributed by atoms with E-state index in [-0.39, 0.29) is 17.7 Å². The van der Waals surface area contributed by atoms with Gasteiger partial charge in [-0.3, -0.25) is 9.59 Å². The summed E-state index contributed by atoms with van der Waals surface area (Å²) in [6, 6.07) is 7.26. The van der Waals surface area contributed by atoms with Crippen molar-refractivity contribution in [2.45, 2.75) is 70.9 Å². The van der Waals surface area contributed by atoms with Crippen molar-refractivity contribution in [1.82, 2.24) is 5.32 Å². The fraction of sp³-hybridized carbons (Fsp3) is 0.579. The Balaban J connectivity index is 1.84. The molecule has 1 aliphatic carbocycles. The Labute approximate surface area is 139 Å². The van der Waals surface area contributed by atoms with Gasteiger partial charge in [0, 0.05) is 17.3 Å². The van der Waals surface area contributed by atoms with Gasteiger partial charge in [-0.15, -0.1) is 0 Å². The molecule has 1 amide bonds. The summed E-state index contributed by atoms with van der Waals surface area (Å²) in [6.45, 7) is 3.45. The maximum atomic E-state index is 12.3. The highest BCUT2D eigenvalue weighted by Gasteiger charge is 2.18. The first-order valence-corrected chi connectivity index (χ1v) is 8.74. The maximum Gasteiger partial charge on any atom is 0.241 e. The lowest BCUT2D eigenvalue weighted by Gasteiger charge is -2.24. The lowest BCUT2D eigenvalue weighted by molar-refractivity contribution is -0.118. The number of Topliss-reactive ketones (excluding diaryl/α,β-unsaturated/α-hetero) is 1. The van der Waals surface area contributed by atoms with Crippen LogP contribution in [0.4, 0.5) is 5.69 Å². The third-order valence-corrected chi connectivity index (χ3v) is 4.54. The highest BCUT2D eigenvalue weighted by molar-refractivity contribution is 5.96. The summed E-state index contributed by atoms with van der Waals surface area (Å²) in [5.74, 6) is 0.00447. The highest BCUT2D eigenvalue weighted by Crippen LogP contribution is 2.18. The van der Waals surface area contributed by atoms with Gasteiger partial charge in [-0.25, -0.2) is 0 Å². The van der Waals surface area contributed by atoms with E-state index in [9.17, 15) is 9.59 Å². The summed E-state index contributed by atoms with van der Waals surface area (Å²) in [6.07, 6.45) is 8.77. The predicted octanol–water partition coefficient (Wildman–Crippen LogP) is 3.92. The quantitative estimate of drug-likeness (QED) is 0.810. The predicted molar refractivity (Wildman–Crippen MR) is 93.8 cm³/mol. The minimum Gasteiger partial charge on any atom is -0.325 e. The minimum absolute atomic E-state index is 0.0253. The van der Waals surface area contributed by atoms with Crippen molar-refractivity contribution in [3.8, 4) is 0 Å². The average molecular weight is 316 g/mol. The van der Waals surface area contributed by atoms with Crippen LogP contribution in [0.1, 0.15) is 69.2 Å². The van der Waals surface area contributed by atoms with Crippen molar-refractivity contribution in [3.63, 3.8) is 0 Å². The molecule has 1 fully saturated rings. The monoisotopic (exact) mass is 316 g/mol. The van der Waals surface area contributed by atoms with E-state index >= 15 is 0 Å². The third kappa shape index (κ3) is 5.79. The zero-order valence-electron chi connectivity index (χ0n) is 14.2. The molecule has 0 heterocycles. The van der Waals surface area contributed by atoms with Gasteiger partial charge in [-0.2, -0.15) is 0 Å². The van der Waals surface area contributed by atoms with Crippen molar-refractivity contribution in [2.75, 3.05) is 5.32 Å². The number of hydrogen-bond donors (Lipinski definition) is 2. The molecular formula is C19H28N2O2. The molecule has 0 aromatic heterocycles. The van der Waals surface area contributed by atoms with E-state index in [1.54, 1.807) is 24.3 Å². The van der Waals surface area contributed by atoms with Crippen molar-refractivity contribution in [2.24, 2.45) is 0 Å². The summed E-state index contributed by atoms with van der Waals surface area (Å²) in [5, 5.41) is 6.38. The zero-order chi connectivity index (χ0) is 16.7. The van der Waals surface area contributed by atoms with Gasteiger partial charge in [-0.05, 0) is 51.0 Å². The molecule has 1 aromatic rings. The number of rotatable bonds is 5. The van der Waals surface area contributed by atoms with Crippen molar-refractivity contribution < 1.29 is 9.59 Å². The topological polar surface area (TPSA) is 58.2 Å². The molecule has 1 saturated carbocycles. The molecule has 0 bridgehead atoms. The Morgan fingerprint density at radius 2 is 1.57 bits per heavy atom. The standard InChI is InChI=1S/C19H28N2O2/c1-14(20-17-8-6-4-3-5-7-9-17)19(23)21-18-12-10-16(11-13-18)15(2)22/h10-14,17,20H,3-9H2,1-2H3,(H,21,23)/t14-/m1/s1. The summed E-state index contributed by atoms with van der Waals surface area (Å²) >= 11 is 0. The van der Waals surface area contributed by atoms with Crippen LogP contribution in [-0.4, -0.2) is 23.8 Å². The first kappa shape index (κ1) is 17.7. The highest BCUT2D eigenvalue weighted by atomic mass is 16.2. The molecule has 2 rings (SSSR count). The van der Waals surface area contributed by atoms with Crippen LogP contribution >= 0.6 is 0 Å².